The highest BCUT2D eigenvalue weighted by molar-refractivity contribution is 6.35. The number of nitrogens with zero attached hydrogens (tertiary/aromatic N) is 5. The van der Waals surface area contributed by atoms with E-state index in [1.54, 1.807) is 24.8 Å². The first-order valence-corrected chi connectivity index (χ1v) is 12.3. The van der Waals surface area contributed by atoms with E-state index in [1.165, 1.54) is 6.33 Å². The molecule has 0 bridgehead atoms. The van der Waals surface area contributed by atoms with Gasteiger partial charge < -0.3 is 14.1 Å². The van der Waals surface area contributed by atoms with Gasteiger partial charge in [0.05, 0.1) is 46.7 Å². The number of carbonyl (C=O) groups is 2. The minimum Gasteiger partial charge on any atom is -0.357 e. The van der Waals surface area contributed by atoms with Gasteiger partial charge in [-0.2, -0.15) is 0 Å². The van der Waals surface area contributed by atoms with Crippen molar-refractivity contribution in [3.8, 4) is 33.6 Å². The van der Waals surface area contributed by atoms with Crippen LogP contribution in [0.1, 0.15) is 10.5 Å². The average Bonchev–Trinajstić information content (AvgIpc) is 3.71. The second-order valence-corrected chi connectivity index (χ2v) is 9.10. The number of H-pyrrole nitrogens is 1. The topological polar surface area (TPSA) is 98.5 Å². The lowest BCUT2D eigenvalue weighted by Crippen LogP contribution is -2.02. The summed E-state index contributed by atoms with van der Waals surface area (Å²) in [5.41, 5.74) is 7.08. The number of benzene rings is 2. The summed E-state index contributed by atoms with van der Waals surface area (Å²) < 4.78 is 4.08. The van der Waals surface area contributed by atoms with Crippen molar-refractivity contribution in [2.75, 3.05) is 0 Å². The Kier molecular flexibility index (Phi) is 5.23. The van der Waals surface area contributed by atoms with Gasteiger partial charge in [-0.1, -0.05) is 36.4 Å². The van der Waals surface area contributed by atoms with Crippen LogP contribution in [0.4, 0.5) is 0 Å². The van der Waals surface area contributed by atoms with Crippen LogP contribution >= 0.6 is 0 Å². The summed E-state index contributed by atoms with van der Waals surface area (Å²) in [6, 6.07) is 19.9. The minimum atomic E-state index is -0.618. The molecule has 0 spiro atoms. The number of aldehydes is 1. The molecule has 0 fully saturated rings. The largest absolute Gasteiger partial charge is 0.357 e. The van der Waals surface area contributed by atoms with Crippen molar-refractivity contribution in [2.45, 2.75) is 0 Å². The van der Waals surface area contributed by atoms with E-state index in [0.29, 0.717) is 11.8 Å². The maximum Gasteiger partial charge on any atom is 0.242 e. The zero-order valence-electron chi connectivity index (χ0n) is 20.5. The van der Waals surface area contributed by atoms with Crippen molar-refractivity contribution in [2.24, 2.45) is 0 Å². The van der Waals surface area contributed by atoms with E-state index in [9.17, 15) is 9.59 Å². The summed E-state index contributed by atoms with van der Waals surface area (Å²) in [5.74, 6) is -0.618. The Morgan fingerprint density at radius 1 is 0.718 bits per heavy atom. The second-order valence-electron chi connectivity index (χ2n) is 9.10. The summed E-state index contributed by atoms with van der Waals surface area (Å²) in [6.45, 7) is 0. The van der Waals surface area contributed by atoms with E-state index < -0.39 is 5.78 Å². The number of para-hydroxylation sites is 2. The Hall–Kier alpha value is -5.63. The number of ketones is 1. The number of nitrogens with one attached hydrogen (secondary N) is 1. The van der Waals surface area contributed by atoms with E-state index in [1.807, 2.05) is 71.7 Å². The van der Waals surface area contributed by atoms with Gasteiger partial charge in [-0.05, 0) is 24.3 Å². The number of hydrogen-bond acceptors (Lipinski definition) is 5. The van der Waals surface area contributed by atoms with Crippen molar-refractivity contribution in [3.05, 3.63) is 116 Å². The zero-order chi connectivity index (χ0) is 26.3. The minimum absolute atomic E-state index is 0.241. The van der Waals surface area contributed by atoms with Crippen LogP contribution in [0.25, 0.3) is 55.4 Å². The van der Waals surface area contributed by atoms with Crippen LogP contribution < -0.4 is 0 Å². The monoisotopic (exact) mass is 508 g/mol. The molecule has 7 aromatic rings. The fourth-order valence-corrected chi connectivity index (χ4v) is 5.28. The molecular formula is C31H20N6O2. The predicted molar refractivity (Wildman–Crippen MR) is 149 cm³/mol. The van der Waals surface area contributed by atoms with Crippen molar-refractivity contribution >= 4 is 33.9 Å². The first-order valence-electron chi connectivity index (χ1n) is 12.3. The number of aromatic nitrogens is 6. The van der Waals surface area contributed by atoms with Crippen LogP contribution in [0.15, 0.2) is 110 Å². The molecule has 5 aromatic heterocycles. The standard InChI is InChI=1S/C31H20N6O2/c38-18-29(39)31-30(26-17-37(21-13-33-19-34-14-21)28-10-4-2-8-23(26)28)24(15-35-31)25-16-36(20-6-5-11-32-12-20)27-9-3-1-7-22(25)27/h1-19,35H. The number of hydrogen-bond donors (Lipinski definition) is 1. The predicted octanol–water partition coefficient (Wildman–Crippen LogP) is 5.80. The molecule has 1 N–H and O–H groups in total. The number of fused-ring (bicyclic) bond motifs is 2. The van der Waals surface area contributed by atoms with Gasteiger partial charge in [-0.25, -0.2) is 9.97 Å². The van der Waals surface area contributed by atoms with Gasteiger partial charge in [0.1, 0.15) is 6.33 Å². The van der Waals surface area contributed by atoms with Gasteiger partial charge in [0, 0.05) is 57.8 Å². The van der Waals surface area contributed by atoms with E-state index in [4.69, 9.17) is 0 Å². The van der Waals surface area contributed by atoms with E-state index in [-0.39, 0.29) is 5.69 Å². The van der Waals surface area contributed by atoms with Gasteiger partial charge >= 0.3 is 0 Å². The molecule has 0 radical (unpaired) electrons. The fourth-order valence-electron chi connectivity index (χ4n) is 5.28. The van der Waals surface area contributed by atoms with Gasteiger partial charge in [0.25, 0.3) is 0 Å². The molecular weight excluding hydrogens is 488 g/mol. The van der Waals surface area contributed by atoms with E-state index in [2.05, 4.69) is 36.6 Å². The van der Waals surface area contributed by atoms with Crippen LogP contribution in [0.3, 0.4) is 0 Å². The maximum absolute atomic E-state index is 12.9. The molecule has 0 aliphatic carbocycles. The lowest BCUT2D eigenvalue weighted by Gasteiger charge is -2.05. The van der Waals surface area contributed by atoms with Crippen LogP contribution in [-0.4, -0.2) is 41.1 Å². The third kappa shape index (κ3) is 3.58. The first-order chi connectivity index (χ1) is 19.2. The van der Waals surface area contributed by atoms with Gasteiger partial charge in [0.15, 0.2) is 6.29 Å². The highest BCUT2D eigenvalue weighted by Gasteiger charge is 2.25. The molecule has 0 saturated heterocycles. The Morgan fingerprint density at radius 2 is 1.36 bits per heavy atom. The molecule has 0 aliphatic rings. The molecule has 0 saturated carbocycles. The van der Waals surface area contributed by atoms with Gasteiger partial charge in [0.2, 0.25) is 5.78 Å². The van der Waals surface area contributed by atoms with Crippen LogP contribution in [0, 0.1) is 0 Å². The number of Topliss-reactive ketones (excluding diaryl/α,β-unsaturated/α-hetero) is 1. The number of rotatable bonds is 6. The van der Waals surface area contributed by atoms with Crippen LogP contribution in [0.5, 0.6) is 0 Å². The van der Waals surface area contributed by atoms with Crippen molar-refractivity contribution < 1.29 is 9.59 Å². The number of aromatic amines is 1. The molecule has 0 aliphatic heterocycles. The Balaban J connectivity index is 1.54. The lowest BCUT2D eigenvalue weighted by molar-refractivity contribution is -0.104. The van der Waals surface area contributed by atoms with E-state index >= 15 is 0 Å². The summed E-state index contributed by atoms with van der Waals surface area (Å²) in [5, 5.41) is 1.94. The van der Waals surface area contributed by atoms with Crippen molar-refractivity contribution in [1.29, 1.82) is 0 Å². The molecule has 5 heterocycles. The van der Waals surface area contributed by atoms with Gasteiger partial charge in [-0.15, -0.1) is 0 Å². The number of carbonyl (C=O) groups excluding carboxylic acids is 2. The third-order valence-electron chi connectivity index (χ3n) is 6.97. The molecule has 8 nitrogen and oxygen atoms in total. The summed E-state index contributed by atoms with van der Waals surface area (Å²) in [7, 11) is 0. The smallest absolute Gasteiger partial charge is 0.242 e. The Morgan fingerprint density at radius 3 is 2.05 bits per heavy atom. The SMILES string of the molecule is O=CC(=O)c1[nH]cc(-c2cn(-c3cccnc3)c3ccccc23)c1-c1cn(-c2cncnc2)c2ccccc12. The molecule has 8 heteroatoms. The molecule has 0 unspecified atom stereocenters. The normalized spacial score (nSPS) is 11.3. The maximum atomic E-state index is 12.9. The summed E-state index contributed by atoms with van der Waals surface area (Å²) >= 11 is 0. The van der Waals surface area contributed by atoms with Crippen LogP contribution in [-0.2, 0) is 4.79 Å². The quantitative estimate of drug-likeness (QED) is 0.174. The molecule has 2 aromatic carbocycles. The first kappa shape index (κ1) is 22.6. The highest BCUT2D eigenvalue weighted by atomic mass is 16.2. The molecule has 39 heavy (non-hydrogen) atoms. The molecule has 0 atom stereocenters. The lowest BCUT2D eigenvalue weighted by atomic mass is 9.95. The molecule has 0 amide bonds. The Bertz CT molecular complexity index is 2000. The Labute approximate surface area is 222 Å². The summed E-state index contributed by atoms with van der Waals surface area (Å²) in [6.07, 6.45) is 14.7. The van der Waals surface area contributed by atoms with Crippen molar-refractivity contribution in [3.63, 3.8) is 0 Å². The van der Waals surface area contributed by atoms with Crippen molar-refractivity contribution in [1.82, 2.24) is 29.1 Å². The van der Waals surface area contributed by atoms with E-state index in [0.717, 1.165) is 49.9 Å². The second kappa shape index (κ2) is 9.04. The fraction of sp³-hybridized carbons (Fsp3) is 0. The third-order valence-corrected chi connectivity index (χ3v) is 6.97. The zero-order valence-corrected chi connectivity index (χ0v) is 20.5. The molecule has 7 rings (SSSR count). The van der Waals surface area contributed by atoms with Crippen LogP contribution in [0.2, 0.25) is 0 Å². The average molecular weight is 509 g/mol. The highest BCUT2D eigenvalue weighted by Crippen LogP contribution is 2.43. The number of pyridine rings is 1. The molecule has 186 valence electrons. The summed E-state index contributed by atoms with van der Waals surface area (Å²) in [4.78, 5) is 40.4. The van der Waals surface area contributed by atoms with Gasteiger partial charge in [-0.3, -0.25) is 14.6 Å².